The number of hydrogen-bond donors (Lipinski definition) is 2. The van der Waals surface area contributed by atoms with Crippen LogP contribution in [0.4, 0.5) is 10.1 Å². The molecule has 0 radical (unpaired) electrons. The van der Waals surface area contributed by atoms with E-state index in [1.807, 2.05) is 0 Å². The molecule has 1 amide bonds. The topological polar surface area (TPSA) is 55.1 Å². The average molecular weight is 290 g/mol. The third-order valence-corrected chi connectivity index (χ3v) is 6.36. The van der Waals surface area contributed by atoms with E-state index in [4.69, 9.17) is 5.73 Å². The van der Waals surface area contributed by atoms with E-state index in [1.165, 1.54) is 18.6 Å². The molecule has 0 aliphatic heterocycles. The minimum atomic E-state index is -0.540. The van der Waals surface area contributed by atoms with Crippen LogP contribution in [-0.2, 0) is 0 Å². The summed E-state index contributed by atoms with van der Waals surface area (Å²) in [6, 6.07) is 4.40. The third kappa shape index (κ3) is 1.95. The van der Waals surface area contributed by atoms with Gasteiger partial charge in [-0.3, -0.25) is 4.79 Å². The summed E-state index contributed by atoms with van der Waals surface area (Å²) in [5.41, 5.74) is 6.23. The first-order chi connectivity index (χ1) is 9.75. The first-order valence-electron chi connectivity index (χ1n) is 7.61. The molecule has 3 unspecified atom stereocenters. The van der Waals surface area contributed by atoms with Crippen molar-refractivity contribution < 1.29 is 9.18 Å². The average Bonchev–Trinajstić information content (AvgIpc) is 2.75. The van der Waals surface area contributed by atoms with Crippen LogP contribution in [0.3, 0.4) is 0 Å². The lowest BCUT2D eigenvalue weighted by atomic mass is 9.69. The first kappa shape index (κ1) is 14.4. The molecule has 114 valence electrons. The van der Waals surface area contributed by atoms with E-state index in [1.54, 1.807) is 6.07 Å². The van der Waals surface area contributed by atoms with Gasteiger partial charge in [-0.25, -0.2) is 4.39 Å². The van der Waals surface area contributed by atoms with Crippen LogP contribution in [0.1, 0.15) is 50.4 Å². The lowest BCUT2D eigenvalue weighted by Gasteiger charge is -2.39. The van der Waals surface area contributed by atoms with Gasteiger partial charge in [0.25, 0.3) is 5.91 Å². The van der Waals surface area contributed by atoms with E-state index in [-0.39, 0.29) is 28.5 Å². The standard InChI is InChI=1S/C17H23FN2O/c1-16(2)11-6-7-17(16,3)14(9-11)20-15(21)10-4-5-13(19)12(18)8-10/h4-5,8,11,14H,6-7,9,19H2,1-3H3,(H,20,21). The second kappa shape index (κ2) is 4.46. The molecule has 0 aromatic heterocycles. The van der Waals surface area contributed by atoms with E-state index in [2.05, 4.69) is 26.1 Å². The van der Waals surface area contributed by atoms with Gasteiger partial charge in [0.2, 0.25) is 0 Å². The maximum absolute atomic E-state index is 13.5. The number of carbonyl (C=O) groups excluding carboxylic acids is 1. The second-order valence-corrected chi connectivity index (χ2v) is 7.37. The van der Waals surface area contributed by atoms with Crippen molar-refractivity contribution in [1.29, 1.82) is 0 Å². The number of carbonyl (C=O) groups is 1. The first-order valence-corrected chi connectivity index (χ1v) is 7.61. The Bertz CT molecular complexity index is 598. The van der Waals surface area contributed by atoms with Crippen LogP contribution in [0.5, 0.6) is 0 Å². The number of halogens is 1. The zero-order chi connectivity index (χ0) is 15.4. The monoisotopic (exact) mass is 290 g/mol. The molecule has 2 aliphatic carbocycles. The Hall–Kier alpha value is -1.58. The summed E-state index contributed by atoms with van der Waals surface area (Å²) in [6.07, 6.45) is 3.41. The van der Waals surface area contributed by atoms with Crippen LogP contribution >= 0.6 is 0 Å². The summed E-state index contributed by atoms with van der Waals surface area (Å²) in [5, 5.41) is 3.12. The number of anilines is 1. The molecule has 3 nitrogen and oxygen atoms in total. The maximum Gasteiger partial charge on any atom is 0.251 e. The zero-order valence-corrected chi connectivity index (χ0v) is 12.9. The number of benzene rings is 1. The van der Waals surface area contributed by atoms with E-state index >= 15 is 0 Å². The van der Waals surface area contributed by atoms with Gasteiger partial charge in [-0.15, -0.1) is 0 Å². The Labute approximate surface area is 125 Å². The van der Waals surface area contributed by atoms with E-state index in [0.717, 1.165) is 12.8 Å². The predicted molar refractivity (Wildman–Crippen MR) is 81.3 cm³/mol. The molecule has 2 fully saturated rings. The van der Waals surface area contributed by atoms with Crippen molar-refractivity contribution in [2.24, 2.45) is 16.7 Å². The summed E-state index contributed by atoms with van der Waals surface area (Å²) < 4.78 is 13.5. The van der Waals surface area contributed by atoms with Gasteiger partial charge in [0.15, 0.2) is 0 Å². The molecule has 0 saturated heterocycles. The number of fused-ring (bicyclic) bond motifs is 2. The van der Waals surface area contributed by atoms with Crippen molar-refractivity contribution in [2.45, 2.75) is 46.1 Å². The van der Waals surface area contributed by atoms with E-state index < -0.39 is 5.82 Å². The zero-order valence-electron chi connectivity index (χ0n) is 12.9. The van der Waals surface area contributed by atoms with E-state index in [0.29, 0.717) is 11.5 Å². The molecule has 3 rings (SSSR count). The second-order valence-electron chi connectivity index (χ2n) is 7.37. The van der Waals surface area contributed by atoms with Gasteiger partial charge in [0.05, 0.1) is 5.69 Å². The molecule has 0 heterocycles. The van der Waals surface area contributed by atoms with Crippen molar-refractivity contribution in [2.75, 3.05) is 5.73 Å². The van der Waals surface area contributed by atoms with Gasteiger partial charge < -0.3 is 11.1 Å². The van der Waals surface area contributed by atoms with Gasteiger partial charge in [-0.1, -0.05) is 20.8 Å². The Morgan fingerprint density at radius 2 is 2.10 bits per heavy atom. The molecule has 21 heavy (non-hydrogen) atoms. The molecule has 2 bridgehead atoms. The molecule has 3 atom stereocenters. The van der Waals surface area contributed by atoms with Gasteiger partial charge in [-0.2, -0.15) is 0 Å². The summed E-state index contributed by atoms with van der Waals surface area (Å²) in [5.74, 6) is -0.0819. The Balaban J connectivity index is 1.79. The highest BCUT2D eigenvalue weighted by Gasteiger charge is 2.61. The maximum atomic E-state index is 13.5. The molecule has 2 aliphatic rings. The number of amides is 1. The largest absolute Gasteiger partial charge is 0.396 e. The summed E-state index contributed by atoms with van der Waals surface area (Å²) in [4.78, 5) is 12.4. The van der Waals surface area contributed by atoms with E-state index in [9.17, 15) is 9.18 Å². The Morgan fingerprint density at radius 1 is 1.38 bits per heavy atom. The van der Waals surface area contributed by atoms with Crippen LogP contribution in [0.2, 0.25) is 0 Å². The normalized spacial score (nSPS) is 33.1. The smallest absolute Gasteiger partial charge is 0.251 e. The number of nitrogens with one attached hydrogen (secondary N) is 1. The van der Waals surface area contributed by atoms with Crippen LogP contribution < -0.4 is 11.1 Å². The Kier molecular flexibility index (Phi) is 3.05. The number of hydrogen-bond acceptors (Lipinski definition) is 2. The van der Waals surface area contributed by atoms with Crippen molar-refractivity contribution in [3.05, 3.63) is 29.6 Å². The van der Waals surface area contributed by atoms with Gasteiger partial charge in [-0.05, 0) is 54.2 Å². The highest BCUT2D eigenvalue weighted by molar-refractivity contribution is 5.94. The molecule has 2 saturated carbocycles. The number of nitrogens with two attached hydrogens (primary N) is 1. The highest BCUT2D eigenvalue weighted by atomic mass is 19.1. The summed E-state index contributed by atoms with van der Waals surface area (Å²) in [7, 11) is 0. The van der Waals surface area contributed by atoms with Gasteiger partial charge in [0, 0.05) is 11.6 Å². The summed E-state index contributed by atoms with van der Waals surface area (Å²) in [6.45, 7) is 6.88. The number of rotatable bonds is 2. The molecular formula is C17H23FN2O. The highest BCUT2D eigenvalue weighted by Crippen LogP contribution is 2.65. The molecule has 1 aromatic rings. The van der Waals surface area contributed by atoms with Crippen LogP contribution in [0.15, 0.2) is 18.2 Å². The molecule has 4 heteroatoms. The quantitative estimate of drug-likeness (QED) is 0.821. The molecular weight excluding hydrogens is 267 g/mol. The van der Waals surface area contributed by atoms with Crippen LogP contribution in [-0.4, -0.2) is 11.9 Å². The fourth-order valence-corrected chi connectivity index (χ4v) is 4.33. The van der Waals surface area contributed by atoms with Crippen molar-refractivity contribution in [3.63, 3.8) is 0 Å². The Morgan fingerprint density at radius 3 is 2.62 bits per heavy atom. The van der Waals surface area contributed by atoms with Gasteiger partial charge in [0.1, 0.15) is 5.82 Å². The summed E-state index contributed by atoms with van der Waals surface area (Å²) >= 11 is 0. The predicted octanol–water partition coefficient (Wildman–Crippen LogP) is 3.35. The van der Waals surface area contributed by atoms with Crippen molar-refractivity contribution in [3.8, 4) is 0 Å². The lowest BCUT2D eigenvalue weighted by Crippen LogP contribution is -2.46. The number of nitrogen functional groups attached to an aromatic ring is 1. The fourth-order valence-electron chi connectivity index (χ4n) is 4.33. The fraction of sp³-hybridized carbons (Fsp3) is 0.588. The van der Waals surface area contributed by atoms with Gasteiger partial charge >= 0.3 is 0 Å². The molecule has 0 spiro atoms. The van der Waals surface area contributed by atoms with Crippen LogP contribution in [0.25, 0.3) is 0 Å². The SMILES string of the molecule is CC1(C)C2CCC1(C)C(NC(=O)c1ccc(N)c(F)c1)C2. The third-order valence-electron chi connectivity index (χ3n) is 6.36. The minimum absolute atomic E-state index is 0.0690. The van der Waals surface area contributed by atoms with Crippen molar-refractivity contribution in [1.82, 2.24) is 5.32 Å². The molecule has 1 aromatic carbocycles. The van der Waals surface area contributed by atoms with Crippen LogP contribution in [0, 0.1) is 22.6 Å². The molecule has 3 N–H and O–H groups in total. The van der Waals surface area contributed by atoms with Crippen molar-refractivity contribution >= 4 is 11.6 Å². The minimum Gasteiger partial charge on any atom is -0.396 e. The lowest BCUT2D eigenvalue weighted by molar-refractivity contribution is 0.0826.